The first kappa shape index (κ1) is 43.6. The standard InChI is InChI=1S/C29H59NO14Si4/c1-10-46-42-27(21-40-13-11-15-47(34-3,35-4)36-5)17-30(19-29(44-46)26(20-33-2)23-45(9,24-31)25-32)18-28(43-46)22-41-14-12-16-48(37-6,38-7)39-8/h10,24-29H,1,11-23H2,2-9H3. The summed E-state index contributed by atoms with van der Waals surface area (Å²) < 4.78 is 70.9. The van der Waals surface area contributed by atoms with E-state index in [4.69, 9.17) is 54.0 Å². The smallest absolute Gasteiger partial charge is 0.384 e. The van der Waals surface area contributed by atoms with Crippen LogP contribution in [0.3, 0.4) is 0 Å². The maximum Gasteiger partial charge on any atom is 0.530 e. The average Bonchev–Trinajstić information content (AvgIpc) is 3.09. The number of carbonyl (C=O) groups is 2. The highest BCUT2D eigenvalue weighted by molar-refractivity contribution is 7.17. The van der Waals surface area contributed by atoms with Gasteiger partial charge in [0, 0.05) is 101 Å². The van der Waals surface area contributed by atoms with Gasteiger partial charge in [-0.15, -0.1) is 0 Å². The lowest BCUT2D eigenvalue weighted by Gasteiger charge is -2.47. The molecule has 0 aromatic carbocycles. The van der Waals surface area contributed by atoms with Crippen LogP contribution in [0.1, 0.15) is 12.8 Å². The molecule has 4 atom stereocenters. The van der Waals surface area contributed by atoms with E-state index >= 15 is 0 Å². The van der Waals surface area contributed by atoms with Crippen molar-refractivity contribution in [1.82, 2.24) is 4.90 Å². The van der Waals surface area contributed by atoms with Crippen molar-refractivity contribution in [3.63, 3.8) is 0 Å². The van der Waals surface area contributed by atoms with Crippen LogP contribution in [0.15, 0.2) is 12.3 Å². The van der Waals surface area contributed by atoms with Crippen molar-refractivity contribution in [3.05, 3.63) is 12.3 Å². The second-order valence-corrected chi connectivity index (χ2v) is 24.7. The molecule has 280 valence electrons. The summed E-state index contributed by atoms with van der Waals surface area (Å²) in [6.45, 7) is 9.33. The first-order valence-corrected chi connectivity index (χ1v) is 24.8. The normalized spacial score (nSPS) is 26.0. The molecule has 3 aliphatic rings. The molecular formula is C29H59NO14Si4. The van der Waals surface area contributed by atoms with Crippen LogP contribution < -0.4 is 0 Å². The van der Waals surface area contributed by atoms with Crippen LogP contribution in [0.2, 0.25) is 24.7 Å². The molecule has 0 aromatic rings. The summed E-state index contributed by atoms with van der Waals surface area (Å²) in [7, 11) is -0.612. The number of carbonyl (C=O) groups excluding carboxylic acids is 2. The lowest BCUT2D eigenvalue weighted by Crippen LogP contribution is -2.64. The summed E-state index contributed by atoms with van der Waals surface area (Å²) in [6.07, 6.45) is 0.248. The quantitative estimate of drug-likeness (QED) is 0.0714. The van der Waals surface area contributed by atoms with E-state index in [0.29, 0.717) is 83.6 Å². The molecule has 3 heterocycles. The van der Waals surface area contributed by atoms with E-state index in [9.17, 15) is 9.59 Å². The Kier molecular flexibility index (Phi) is 19.7. The van der Waals surface area contributed by atoms with Gasteiger partial charge in [-0.05, 0) is 24.6 Å². The Bertz CT molecular complexity index is 881. The van der Waals surface area contributed by atoms with Crippen LogP contribution in [-0.2, 0) is 63.6 Å². The molecule has 3 fully saturated rings. The van der Waals surface area contributed by atoms with Crippen molar-refractivity contribution < 1.29 is 63.6 Å². The minimum atomic E-state index is -3.56. The van der Waals surface area contributed by atoms with Crippen molar-refractivity contribution in [2.45, 2.75) is 55.8 Å². The Morgan fingerprint density at radius 3 is 1.60 bits per heavy atom. The summed E-state index contributed by atoms with van der Waals surface area (Å²) >= 11 is 0. The molecule has 48 heavy (non-hydrogen) atoms. The maximum atomic E-state index is 11.9. The van der Waals surface area contributed by atoms with Gasteiger partial charge in [-0.3, -0.25) is 4.90 Å². The highest BCUT2D eigenvalue weighted by atomic mass is 28.4. The topological polar surface area (TPSA) is 148 Å². The zero-order valence-corrected chi connectivity index (χ0v) is 34.1. The first-order chi connectivity index (χ1) is 23.0. The molecule has 0 N–H and O–H groups in total. The SMILES string of the molecule is C=C[Si]12OC(COCCC[Si](OC)(OC)OC)CN(CC(COCCC[Si](OC)(OC)OC)O1)CC(C(COC)C[Si](C)(C=O)C=O)O2. The molecule has 3 rings (SSSR count). The second kappa shape index (κ2) is 21.7. The van der Waals surface area contributed by atoms with Gasteiger partial charge in [0.25, 0.3) is 0 Å². The molecule has 0 saturated carbocycles. The second-order valence-electron chi connectivity index (χ2n) is 12.3. The van der Waals surface area contributed by atoms with E-state index in [-0.39, 0.29) is 18.1 Å². The summed E-state index contributed by atoms with van der Waals surface area (Å²) in [5.74, 6) is 1.40. The van der Waals surface area contributed by atoms with E-state index in [1.807, 2.05) is 0 Å². The van der Waals surface area contributed by atoms with E-state index in [0.717, 1.165) is 11.8 Å². The molecule has 0 aliphatic carbocycles. The van der Waals surface area contributed by atoms with Gasteiger partial charge < -0.3 is 63.6 Å². The lowest BCUT2D eigenvalue weighted by atomic mass is 10.0. The molecule has 3 saturated heterocycles. The molecule has 4 unspecified atom stereocenters. The summed E-state index contributed by atoms with van der Waals surface area (Å²) in [5.41, 5.74) is 1.65. The molecule has 3 aliphatic heterocycles. The molecule has 0 aromatic heterocycles. The Hall–Kier alpha value is -0.572. The zero-order chi connectivity index (χ0) is 35.7. The lowest BCUT2D eigenvalue weighted by molar-refractivity contribution is -0.121. The largest absolute Gasteiger partial charge is 0.530 e. The van der Waals surface area contributed by atoms with Crippen LogP contribution in [0.5, 0.6) is 0 Å². The molecule has 0 amide bonds. The third-order valence-corrected chi connectivity index (χ3v) is 19.4. The van der Waals surface area contributed by atoms with E-state index < -0.39 is 40.6 Å². The van der Waals surface area contributed by atoms with Gasteiger partial charge >= 0.3 is 26.4 Å². The van der Waals surface area contributed by atoms with Crippen LogP contribution in [0.25, 0.3) is 0 Å². The van der Waals surface area contributed by atoms with Crippen molar-refractivity contribution in [2.75, 3.05) is 102 Å². The van der Waals surface area contributed by atoms with Gasteiger partial charge in [-0.1, -0.05) is 13.1 Å². The van der Waals surface area contributed by atoms with Crippen molar-refractivity contribution in [2.24, 2.45) is 5.92 Å². The third-order valence-electron chi connectivity index (χ3n) is 8.75. The predicted molar refractivity (Wildman–Crippen MR) is 186 cm³/mol. The third kappa shape index (κ3) is 12.9. The first-order valence-electron chi connectivity index (χ1n) is 16.3. The Labute approximate surface area is 290 Å². The van der Waals surface area contributed by atoms with Crippen molar-refractivity contribution in [1.29, 1.82) is 0 Å². The fraction of sp³-hybridized carbons (Fsp3) is 0.862. The van der Waals surface area contributed by atoms with Crippen molar-refractivity contribution in [3.8, 4) is 0 Å². The fourth-order valence-corrected chi connectivity index (χ4v) is 13.5. The number of nitrogens with zero attached hydrogens (tertiary/aromatic N) is 1. The van der Waals surface area contributed by atoms with Gasteiger partial charge in [0.15, 0.2) is 8.07 Å². The van der Waals surface area contributed by atoms with Gasteiger partial charge in [0.1, 0.15) is 11.8 Å². The Balaban J connectivity index is 2.19. The van der Waals surface area contributed by atoms with Crippen LogP contribution >= 0.6 is 0 Å². The number of fused-ring (bicyclic) bond motifs is 6. The van der Waals surface area contributed by atoms with E-state index in [2.05, 4.69) is 11.5 Å². The molecule has 0 radical (unpaired) electrons. The van der Waals surface area contributed by atoms with E-state index in [1.54, 1.807) is 62.0 Å². The Morgan fingerprint density at radius 1 is 0.771 bits per heavy atom. The molecular weight excluding hydrogens is 699 g/mol. The molecule has 19 heteroatoms. The van der Waals surface area contributed by atoms with Crippen LogP contribution in [-0.4, -0.2) is 172 Å². The van der Waals surface area contributed by atoms with Gasteiger partial charge in [0.2, 0.25) is 0 Å². The summed E-state index contributed by atoms with van der Waals surface area (Å²) in [5, 5.41) is 0. The molecule has 2 bridgehead atoms. The van der Waals surface area contributed by atoms with Crippen LogP contribution in [0, 0.1) is 5.92 Å². The number of hydrogen-bond acceptors (Lipinski definition) is 15. The number of rotatable bonds is 26. The number of methoxy groups -OCH3 is 1. The van der Waals surface area contributed by atoms with Gasteiger partial charge in [-0.2, -0.15) is 0 Å². The van der Waals surface area contributed by atoms with Gasteiger partial charge in [-0.25, -0.2) is 0 Å². The van der Waals surface area contributed by atoms with Gasteiger partial charge in [0.05, 0.1) is 38.1 Å². The van der Waals surface area contributed by atoms with Crippen LogP contribution in [0.4, 0.5) is 0 Å². The number of ether oxygens (including phenoxy) is 3. The van der Waals surface area contributed by atoms with E-state index in [1.165, 1.54) is 0 Å². The Morgan fingerprint density at radius 2 is 1.23 bits per heavy atom. The zero-order valence-electron chi connectivity index (χ0n) is 30.1. The van der Waals surface area contributed by atoms with Crippen molar-refractivity contribution >= 4 is 46.3 Å². The molecule has 0 spiro atoms. The highest BCUT2D eigenvalue weighted by Gasteiger charge is 2.51. The predicted octanol–water partition coefficient (Wildman–Crippen LogP) is 1.59. The average molecular weight is 758 g/mol. The highest BCUT2D eigenvalue weighted by Crippen LogP contribution is 2.31. The minimum absolute atomic E-state index is 0.234. The fourth-order valence-electron chi connectivity index (χ4n) is 6.01. The monoisotopic (exact) mass is 757 g/mol. The molecule has 15 nitrogen and oxygen atoms in total. The summed E-state index contributed by atoms with van der Waals surface area (Å²) in [4.78, 5) is 26.1. The summed E-state index contributed by atoms with van der Waals surface area (Å²) in [6, 6.07) is 1.62. The number of hydrogen-bond donors (Lipinski definition) is 0. The maximum absolute atomic E-state index is 11.9. The minimum Gasteiger partial charge on any atom is -0.384 e.